The number of aliphatic carboxylic acids is 1. The highest BCUT2D eigenvalue weighted by atomic mass is 16.5. The third-order valence-corrected chi connectivity index (χ3v) is 6.58. The molecule has 1 heterocycles. The molecule has 4 rings (SSSR count). The van der Waals surface area contributed by atoms with E-state index in [9.17, 15) is 19.5 Å². The fourth-order valence-electron chi connectivity index (χ4n) is 4.87. The van der Waals surface area contributed by atoms with Crippen molar-refractivity contribution in [2.45, 2.75) is 32.2 Å². The minimum atomic E-state index is -0.825. The van der Waals surface area contributed by atoms with Gasteiger partial charge in [-0.1, -0.05) is 55.5 Å². The Labute approximate surface area is 187 Å². The van der Waals surface area contributed by atoms with Crippen molar-refractivity contribution in [3.8, 4) is 11.1 Å². The van der Waals surface area contributed by atoms with E-state index in [1.165, 1.54) is 0 Å². The molecular formula is C25H28N2O5. The number of fused-ring (bicyclic) bond motifs is 3. The smallest absolute Gasteiger partial charge is 0.407 e. The largest absolute Gasteiger partial charge is 0.481 e. The van der Waals surface area contributed by atoms with Gasteiger partial charge in [-0.15, -0.1) is 0 Å². The molecule has 0 saturated carbocycles. The minimum Gasteiger partial charge on any atom is -0.481 e. The van der Waals surface area contributed by atoms with E-state index in [0.29, 0.717) is 19.5 Å². The van der Waals surface area contributed by atoms with Gasteiger partial charge in [0.05, 0.1) is 5.92 Å². The van der Waals surface area contributed by atoms with Crippen molar-refractivity contribution in [3.05, 3.63) is 59.7 Å². The van der Waals surface area contributed by atoms with Gasteiger partial charge in [-0.05, 0) is 41.5 Å². The molecule has 2 N–H and O–H groups in total. The van der Waals surface area contributed by atoms with Gasteiger partial charge in [0.1, 0.15) is 12.6 Å². The summed E-state index contributed by atoms with van der Waals surface area (Å²) in [4.78, 5) is 38.1. The van der Waals surface area contributed by atoms with Crippen molar-refractivity contribution in [2.75, 3.05) is 19.7 Å². The maximum Gasteiger partial charge on any atom is 0.407 e. The number of hydrogen-bond donors (Lipinski definition) is 2. The van der Waals surface area contributed by atoms with Crippen molar-refractivity contribution >= 4 is 18.0 Å². The molecule has 3 atom stereocenters. The number of rotatable bonds is 5. The zero-order valence-corrected chi connectivity index (χ0v) is 18.3. The van der Waals surface area contributed by atoms with Gasteiger partial charge in [-0.3, -0.25) is 9.59 Å². The molecule has 0 bridgehead atoms. The van der Waals surface area contributed by atoms with Crippen LogP contribution in [0.4, 0.5) is 4.79 Å². The summed E-state index contributed by atoms with van der Waals surface area (Å²) in [7, 11) is 0. The summed E-state index contributed by atoms with van der Waals surface area (Å²) >= 11 is 0. The highest BCUT2D eigenvalue weighted by Gasteiger charge is 2.35. The molecule has 168 valence electrons. The van der Waals surface area contributed by atoms with Crippen LogP contribution >= 0.6 is 0 Å². The summed E-state index contributed by atoms with van der Waals surface area (Å²) < 4.78 is 5.52. The van der Waals surface area contributed by atoms with E-state index in [1.54, 1.807) is 11.8 Å². The first-order valence-corrected chi connectivity index (χ1v) is 11.0. The lowest BCUT2D eigenvalue weighted by molar-refractivity contribution is -0.148. The predicted octanol–water partition coefficient (Wildman–Crippen LogP) is 3.48. The molecular weight excluding hydrogens is 408 g/mol. The monoisotopic (exact) mass is 436 g/mol. The van der Waals surface area contributed by atoms with E-state index >= 15 is 0 Å². The fourth-order valence-corrected chi connectivity index (χ4v) is 4.87. The third-order valence-electron chi connectivity index (χ3n) is 6.58. The molecule has 32 heavy (non-hydrogen) atoms. The van der Waals surface area contributed by atoms with Crippen molar-refractivity contribution in [1.29, 1.82) is 0 Å². The van der Waals surface area contributed by atoms with Crippen LogP contribution in [-0.4, -0.2) is 53.7 Å². The Morgan fingerprint density at radius 2 is 1.69 bits per heavy atom. The Balaban J connectivity index is 1.34. The summed E-state index contributed by atoms with van der Waals surface area (Å²) in [6.07, 6.45) is -0.221. The average molecular weight is 437 g/mol. The van der Waals surface area contributed by atoms with Gasteiger partial charge in [0.25, 0.3) is 0 Å². The van der Waals surface area contributed by atoms with Crippen LogP contribution < -0.4 is 5.32 Å². The van der Waals surface area contributed by atoms with Crippen LogP contribution in [0, 0.1) is 11.8 Å². The van der Waals surface area contributed by atoms with Crippen LogP contribution in [0.5, 0.6) is 0 Å². The highest BCUT2D eigenvalue weighted by Crippen LogP contribution is 2.44. The first-order valence-electron chi connectivity index (χ1n) is 11.0. The molecule has 7 nitrogen and oxygen atoms in total. The molecule has 1 fully saturated rings. The van der Waals surface area contributed by atoms with E-state index in [-0.39, 0.29) is 24.3 Å². The lowest BCUT2D eigenvalue weighted by atomic mass is 9.87. The molecule has 7 heteroatoms. The average Bonchev–Trinajstić information content (AvgIpc) is 3.10. The maximum absolute atomic E-state index is 12.8. The molecule has 0 spiro atoms. The van der Waals surface area contributed by atoms with Crippen molar-refractivity contribution in [1.82, 2.24) is 10.2 Å². The molecule has 1 aliphatic heterocycles. The molecule has 1 aliphatic carbocycles. The van der Waals surface area contributed by atoms with Gasteiger partial charge in [0.2, 0.25) is 5.91 Å². The van der Waals surface area contributed by atoms with E-state index in [1.807, 2.05) is 31.2 Å². The lowest BCUT2D eigenvalue weighted by Crippen LogP contribution is -2.52. The normalized spacial score (nSPS) is 20.8. The fraction of sp³-hybridized carbons (Fsp3) is 0.400. The number of nitrogens with one attached hydrogen (secondary N) is 1. The van der Waals surface area contributed by atoms with Crippen LogP contribution in [0.3, 0.4) is 0 Å². The number of carboxylic acid groups (broad SMARTS) is 1. The zero-order chi connectivity index (χ0) is 22.8. The van der Waals surface area contributed by atoms with Crippen LogP contribution in [0.2, 0.25) is 0 Å². The Hall–Kier alpha value is -3.35. The number of likely N-dealkylation sites (tertiary alicyclic amines) is 1. The van der Waals surface area contributed by atoms with Gasteiger partial charge in [-0.2, -0.15) is 0 Å². The van der Waals surface area contributed by atoms with Crippen LogP contribution in [0.15, 0.2) is 48.5 Å². The summed E-state index contributed by atoms with van der Waals surface area (Å²) in [5, 5.41) is 11.9. The molecule has 2 aromatic carbocycles. The second kappa shape index (κ2) is 9.02. The Morgan fingerprint density at radius 1 is 1.09 bits per heavy atom. The van der Waals surface area contributed by atoms with Crippen LogP contribution in [0.25, 0.3) is 11.1 Å². The molecule has 2 amide bonds. The van der Waals surface area contributed by atoms with Crippen LogP contribution in [0.1, 0.15) is 37.3 Å². The Kier molecular flexibility index (Phi) is 6.17. The lowest BCUT2D eigenvalue weighted by Gasteiger charge is -2.36. The van der Waals surface area contributed by atoms with Gasteiger partial charge in [0, 0.05) is 19.0 Å². The highest BCUT2D eigenvalue weighted by molar-refractivity contribution is 5.86. The standard InChI is InChI=1S/C25H28N2O5/c1-15-13-27(12-11-17(15)24(29)30)23(28)16(2)26-25(31)32-14-22-20-9-5-3-7-18(20)19-8-4-6-10-21(19)22/h3-10,15-17,22H,11-14H2,1-2H3,(H,26,31)(H,29,30). The van der Waals surface area contributed by atoms with Gasteiger partial charge < -0.3 is 20.1 Å². The summed E-state index contributed by atoms with van der Waals surface area (Å²) in [6.45, 7) is 4.38. The van der Waals surface area contributed by atoms with Crippen molar-refractivity contribution < 1.29 is 24.2 Å². The van der Waals surface area contributed by atoms with Gasteiger partial charge >= 0.3 is 12.1 Å². The van der Waals surface area contributed by atoms with Crippen molar-refractivity contribution in [2.24, 2.45) is 11.8 Å². The zero-order valence-electron chi connectivity index (χ0n) is 18.3. The second-order valence-electron chi connectivity index (χ2n) is 8.69. The van der Waals surface area contributed by atoms with Crippen LogP contribution in [-0.2, 0) is 14.3 Å². The van der Waals surface area contributed by atoms with Gasteiger partial charge in [0.15, 0.2) is 0 Å². The summed E-state index contributed by atoms with van der Waals surface area (Å²) in [6, 6.07) is 15.5. The molecule has 2 aromatic rings. The second-order valence-corrected chi connectivity index (χ2v) is 8.69. The van der Waals surface area contributed by atoms with E-state index in [0.717, 1.165) is 22.3 Å². The summed E-state index contributed by atoms with van der Waals surface area (Å²) in [5.74, 6) is -1.67. The number of hydrogen-bond acceptors (Lipinski definition) is 4. The number of ether oxygens (including phenoxy) is 1. The SMILES string of the molecule is CC(NC(=O)OCC1c2ccccc2-c2ccccc21)C(=O)N1CCC(C(=O)O)C(C)C1. The van der Waals surface area contributed by atoms with E-state index in [2.05, 4.69) is 29.6 Å². The number of amides is 2. The quantitative estimate of drug-likeness (QED) is 0.748. The van der Waals surface area contributed by atoms with Crippen molar-refractivity contribution in [3.63, 3.8) is 0 Å². The summed E-state index contributed by atoms with van der Waals surface area (Å²) in [5.41, 5.74) is 4.56. The topological polar surface area (TPSA) is 95.9 Å². The number of nitrogens with zero attached hydrogens (tertiary/aromatic N) is 1. The first kappa shape index (κ1) is 21.9. The van der Waals surface area contributed by atoms with E-state index in [4.69, 9.17) is 4.74 Å². The molecule has 2 aliphatic rings. The minimum absolute atomic E-state index is 0.0462. The number of benzene rings is 2. The maximum atomic E-state index is 12.8. The number of piperidine rings is 1. The number of carboxylic acids is 1. The first-order chi connectivity index (χ1) is 15.4. The third kappa shape index (κ3) is 4.20. The van der Waals surface area contributed by atoms with E-state index < -0.39 is 24.0 Å². The predicted molar refractivity (Wildman–Crippen MR) is 119 cm³/mol. The number of carbonyl (C=O) groups is 3. The number of carbonyl (C=O) groups excluding carboxylic acids is 2. The number of alkyl carbamates (subject to hydrolysis) is 1. The molecule has 0 aromatic heterocycles. The molecule has 0 radical (unpaired) electrons. The Bertz CT molecular complexity index is 991. The molecule has 3 unspecified atom stereocenters. The Morgan fingerprint density at radius 3 is 2.25 bits per heavy atom. The van der Waals surface area contributed by atoms with Gasteiger partial charge in [-0.25, -0.2) is 4.79 Å². The molecule has 1 saturated heterocycles.